The first-order valence-corrected chi connectivity index (χ1v) is 6.78. The molecule has 0 aromatic rings. The second-order valence-electron chi connectivity index (χ2n) is 5.12. The van der Waals surface area contributed by atoms with Gasteiger partial charge >= 0.3 is 0 Å². The molecule has 0 saturated carbocycles. The van der Waals surface area contributed by atoms with E-state index in [-0.39, 0.29) is 0 Å². The lowest BCUT2D eigenvalue weighted by molar-refractivity contribution is -0.0195. The first-order valence-electron chi connectivity index (χ1n) is 6.78. The minimum absolute atomic E-state index is 0.502. The summed E-state index contributed by atoms with van der Waals surface area (Å²) in [4.78, 5) is 2.47. The topological polar surface area (TPSA) is 33.7 Å². The van der Waals surface area contributed by atoms with Crippen molar-refractivity contribution in [1.29, 1.82) is 0 Å². The van der Waals surface area contributed by atoms with Gasteiger partial charge in [-0.2, -0.15) is 0 Å². The Labute approximate surface area is 106 Å². The van der Waals surface area contributed by atoms with Gasteiger partial charge in [-0.3, -0.25) is 4.90 Å². The second kappa shape index (κ2) is 8.86. The molecule has 0 spiro atoms. The molecule has 0 aromatic carbocycles. The van der Waals surface area contributed by atoms with Gasteiger partial charge < -0.3 is 14.8 Å². The van der Waals surface area contributed by atoms with Gasteiger partial charge in [0.2, 0.25) is 0 Å². The van der Waals surface area contributed by atoms with Crippen LogP contribution in [0.5, 0.6) is 0 Å². The van der Waals surface area contributed by atoms with Crippen molar-refractivity contribution in [2.75, 3.05) is 53.1 Å². The molecule has 1 fully saturated rings. The van der Waals surface area contributed by atoms with Gasteiger partial charge in [0.05, 0.1) is 19.8 Å². The van der Waals surface area contributed by atoms with Crippen molar-refractivity contribution in [3.8, 4) is 0 Å². The summed E-state index contributed by atoms with van der Waals surface area (Å²) in [6.45, 7) is 10.9. The van der Waals surface area contributed by atoms with Gasteiger partial charge in [0, 0.05) is 32.3 Å². The molecule has 0 bridgehead atoms. The van der Waals surface area contributed by atoms with E-state index in [0.717, 1.165) is 58.4 Å². The monoisotopic (exact) mass is 244 g/mol. The van der Waals surface area contributed by atoms with Crippen LogP contribution in [0.4, 0.5) is 0 Å². The molecule has 1 aliphatic rings. The summed E-state index contributed by atoms with van der Waals surface area (Å²) < 4.78 is 11.2. The summed E-state index contributed by atoms with van der Waals surface area (Å²) in [7, 11) is 1.99. The maximum Gasteiger partial charge on any atom is 0.0634 e. The van der Waals surface area contributed by atoms with Crippen molar-refractivity contribution in [3.05, 3.63) is 0 Å². The van der Waals surface area contributed by atoms with Crippen LogP contribution in [0, 0.1) is 5.92 Å². The molecule has 1 saturated heterocycles. The van der Waals surface area contributed by atoms with Gasteiger partial charge in [0.15, 0.2) is 0 Å². The first-order chi connectivity index (χ1) is 8.24. The highest BCUT2D eigenvalue weighted by Gasteiger charge is 2.21. The standard InChI is InChI=1S/C13H28N2O2/c1-12(2)4-7-16-8-5-15-6-9-17-11-13(15)10-14-3/h12-14H,4-11H2,1-3H3. The Hall–Kier alpha value is -0.160. The molecule has 17 heavy (non-hydrogen) atoms. The van der Waals surface area contributed by atoms with Crippen molar-refractivity contribution in [2.24, 2.45) is 5.92 Å². The molecule has 1 N–H and O–H groups in total. The van der Waals surface area contributed by atoms with E-state index < -0.39 is 0 Å². The molecular formula is C13H28N2O2. The molecule has 4 heteroatoms. The fourth-order valence-electron chi connectivity index (χ4n) is 2.01. The molecule has 4 nitrogen and oxygen atoms in total. The maximum absolute atomic E-state index is 5.67. The molecule has 1 atom stereocenters. The van der Waals surface area contributed by atoms with Gasteiger partial charge in [-0.25, -0.2) is 0 Å². The fraction of sp³-hybridized carbons (Fsp3) is 1.00. The number of hydrogen-bond acceptors (Lipinski definition) is 4. The highest BCUT2D eigenvalue weighted by molar-refractivity contribution is 4.76. The molecule has 0 amide bonds. The van der Waals surface area contributed by atoms with E-state index >= 15 is 0 Å². The van der Waals surface area contributed by atoms with Gasteiger partial charge in [-0.05, 0) is 19.4 Å². The highest BCUT2D eigenvalue weighted by atomic mass is 16.5. The summed E-state index contributed by atoms with van der Waals surface area (Å²) in [6, 6.07) is 0.502. The van der Waals surface area contributed by atoms with Gasteiger partial charge in [0.1, 0.15) is 0 Å². The Bertz CT molecular complexity index is 186. The molecule has 1 rings (SSSR count). The largest absolute Gasteiger partial charge is 0.380 e. The minimum atomic E-state index is 0.502. The lowest BCUT2D eigenvalue weighted by Gasteiger charge is -2.35. The van der Waals surface area contributed by atoms with E-state index in [1.54, 1.807) is 0 Å². The van der Waals surface area contributed by atoms with E-state index in [1.807, 2.05) is 7.05 Å². The lowest BCUT2D eigenvalue weighted by Crippen LogP contribution is -2.50. The third-order valence-electron chi connectivity index (χ3n) is 3.15. The second-order valence-corrected chi connectivity index (χ2v) is 5.12. The summed E-state index contributed by atoms with van der Waals surface area (Å²) in [5, 5.41) is 3.22. The van der Waals surface area contributed by atoms with Crippen molar-refractivity contribution < 1.29 is 9.47 Å². The zero-order chi connectivity index (χ0) is 12.5. The highest BCUT2D eigenvalue weighted by Crippen LogP contribution is 2.06. The number of ether oxygens (including phenoxy) is 2. The smallest absolute Gasteiger partial charge is 0.0634 e. The van der Waals surface area contributed by atoms with Crippen LogP contribution < -0.4 is 5.32 Å². The van der Waals surface area contributed by atoms with Crippen molar-refractivity contribution in [2.45, 2.75) is 26.3 Å². The predicted octanol–water partition coefficient (Wildman–Crippen LogP) is 0.969. The number of hydrogen-bond donors (Lipinski definition) is 1. The SMILES string of the molecule is CNCC1COCCN1CCOCCC(C)C. The normalized spacial score (nSPS) is 22.2. The third-order valence-corrected chi connectivity index (χ3v) is 3.15. The maximum atomic E-state index is 5.67. The van der Waals surface area contributed by atoms with Gasteiger partial charge in [0.25, 0.3) is 0 Å². The van der Waals surface area contributed by atoms with Crippen molar-refractivity contribution >= 4 is 0 Å². The average Bonchev–Trinajstić information content (AvgIpc) is 2.31. The fourth-order valence-corrected chi connectivity index (χ4v) is 2.01. The van der Waals surface area contributed by atoms with Crippen LogP contribution >= 0.6 is 0 Å². The zero-order valence-electron chi connectivity index (χ0n) is 11.6. The van der Waals surface area contributed by atoms with Crippen LogP contribution in [0.25, 0.3) is 0 Å². The first kappa shape index (κ1) is 14.9. The molecule has 1 unspecified atom stereocenters. The number of nitrogens with one attached hydrogen (secondary N) is 1. The predicted molar refractivity (Wildman–Crippen MR) is 70.4 cm³/mol. The zero-order valence-corrected chi connectivity index (χ0v) is 11.6. The number of nitrogens with zero attached hydrogens (tertiary/aromatic N) is 1. The van der Waals surface area contributed by atoms with E-state index in [9.17, 15) is 0 Å². The van der Waals surface area contributed by atoms with E-state index in [1.165, 1.54) is 0 Å². The van der Waals surface area contributed by atoms with Gasteiger partial charge in [-0.15, -0.1) is 0 Å². The van der Waals surface area contributed by atoms with Crippen molar-refractivity contribution in [1.82, 2.24) is 10.2 Å². The third kappa shape index (κ3) is 6.36. The molecule has 102 valence electrons. The van der Waals surface area contributed by atoms with Gasteiger partial charge in [-0.1, -0.05) is 13.8 Å². The van der Waals surface area contributed by atoms with E-state index in [0.29, 0.717) is 6.04 Å². The summed E-state index contributed by atoms with van der Waals surface area (Å²) >= 11 is 0. The Morgan fingerprint density at radius 2 is 2.24 bits per heavy atom. The Balaban J connectivity index is 2.10. The number of likely N-dealkylation sites (N-methyl/N-ethyl adjacent to an activating group) is 1. The molecule has 0 aliphatic carbocycles. The van der Waals surface area contributed by atoms with Crippen LogP contribution in [-0.2, 0) is 9.47 Å². The van der Waals surface area contributed by atoms with Crippen LogP contribution in [0.1, 0.15) is 20.3 Å². The van der Waals surface area contributed by atoms with E-state index in [4.69, 9.17) is 9.47 Å². The van der Waals surface area contributed by atoms with Crippen LogP contribution in [0.2, 0.25) is 0 Å². The molecule has 0 radical (unpaired) electrons. The number of rotatable bonds is 8. The molecule has 1 aliphatic heterocycles. The Morgan fingerprint density at radius 3 is 2.94 bits per heavy atom. The lowest BCUT2D eigenvalue weighted by atomic mass is 10.1. The average molecular weight is 244 g/mol. The van der Waals surface area contributed by atoms with Crippen LogP contribution in [0.3, 0.4) is 0 Å². The van der Waals surface area contributed by atoms with Crippen LogP contribution in [0.15, 0.2) is 0 Å². The Kier molecular flexibility index (Phi) is 7.77. The number of morpholine rings is 1. The summed E-state index contributed by atoms with van der Waals surface area (Å²) in [5.41, 5.74) is 0. The minimum Gasteiger partial charge on any atom is -0.380 e. The molecular weight excluding hydrogens is 216 g/mol. The Morgan fingerprint density at radius 1 is 1.41 bits per heavy atom. The molecule has 1 heterocycles. The summed E-state index contributed by atoms with van der Waals surface area (Å²) in [6.07, 6.45) is 1.16. The van der Waals surface area contributed by atoms with Crippen LogP contribution in [-0.4, -0.2) is 64.1 Å². The summed E-state index contributed by atoms with van der Waals surface area (Å²) in [5.74, 6) is 0.732. The van der Waals surface area contributed by atoms with Crippen molar-refractivity contribution in [3.63, 3.8) is 0 Å². The molecule has 0 aromatic heterocycles. The van der Waals surface area contributed by atoms with E-state index in [2.05, 4.69) is 24.1 Å². The quantitative estimate of drug-likeness (QED) is 0.645.